The zero-order chi connectivity index (χ0) is 14.9. The van der Waals surface area contributed by atoms with Crippen molar-refractivity contribution in [2.45, 2.75) is 25.8 Å². The quantitative estimate of drug-likeness (QED) is 0.851. The van der Waals surface area contributed by atoms with Crippen LogP contribution >= 0.6 is 11.6 Å². The van der Waals surface area contributed by atoms with Gasteiger partial charge in [-0.2, -0.15) is 0 Å². The van der Waals surface area contributed by atoms with Gasteiger partial charge in [0.05, 0.1) is 0 Å². The van der Waals surface area contributed by atoms with E-state index < -0.39 is 0 Å². The first-order valence-electron chi connectivity index (χ1n) is 7.89. The monoisotopic (exact) mass is 314 g/mol. The second-order valence-electron chi connectivity index (χ2n) is 6.01. The molecule has 0 saturated carbocycles. The third-order valence-electron chi connectivity index (χ3n) is 4.57. The maximum Gasteiger partial charge on any atom is 0.134 e. The molecule has 1 aromatic heterocycles. The van der Waals surface area contributed by atoms with E-state index in [1.807, 2.05) is 6.07 Å². The molecule has 2 aliphatic heterocycles. The zero-order valence-electron chi connectivity index (χ0n) is 12.5. The minimum atomic E-state index is 0.825. The Morgan fingerprint density at radius 3 is 2.45 bits per heavy atom. The number of fused-ring (bicyclic) bond motifs is 1. The van der Waals surface area contributed by atoms with Crippen molar-refractivity contribution >= 4 is 23.2 Å². The van der Waals surface area contributed by atoms with Gasteiger partial charge in [-0.25, -0.2) is 9.97 Å². The molecule has 0 unspecified atom stereocenters. The topological polar surface area (TPSA) is 32.3 Å². The van der Waals surface area contributed by atoms with E-state index >= 15 is 0 Å². The van der Waals surface area contributed by atoms with Crippen LogP contribution in [0.4, 0.5) is 11.6 Å². The van der Waals surface area contributed by atoms with Crippen molar-refractivity contribution in [3.63, 3.8) is 0 Å². The Labute approximate surface area is 135 Å². The summed E-state index contributed by atoms with van der Waals surface area (Å²) in [5.41, 5.74) is 2.70. The maximum atomic E-state index is 6.08. The van der Waals surface area contributed by atoms with E-state index in [0.717, 1.165) is 49.3 Å². The molecule has 1 fully saturated rings. The summed E-state index contributed by atoms with van der Waals surface area (Å²) < 4.78 is 0. The van der Waals surface area contributed by atoms with E-state index in [4.69, 9.17) is 11.6 Å². The minimum absolute atomic E-state index is 0.825. The summed E-state index contributed by atoms with van der Waals surface area (Å²) in [5.74, 6) is 2.09. The second-order valence-corrected chi connectivity index (χ2v) is 6.45. The number of anilines is 2. The average molecular weight is 315 g/mol. The minimum Gasteiger partial charge on any atom is -0.356 e. The highest BCUT2D eigenvalue weighted by Gasteiger charge is 2.20. The van der Waals surface area contributed by atoms with Gasteiger partial charge in [-0.05, 0) is 42.5 Å². The highest BCUT2D eigenvalue weighted by molar-refractivity contribution is 6.30. The Balaban J connectivity index is 1.57. The Morgan fingerprint density at radius 1 is 0.864 bits per heavy atom. The Morgan fingerprint density at radius 2 is 1.64 bits per heavy atom. The molecular formula is C17H19ClN4. The Kier molecular flexibility index (Phi) is 3.62. The number of halogens is 1. The number of hydrogen-bond donors (Lipinski definition) is 0. The van der Waals surface area contributed by atoms with E-state index in [9.17, 15) is 0 Å². The Bertz CT molecular complexity index is 682. The first-order valence-corrected chi connectivity index (χ1v) is 8.27. The summed E-state index contributed by atoms with van der Waals surface area (Å²) in [6, 6.07) is 8.32. The molecular weight excluding hydrogens is 296 g/mol. The molecule has 0 atom stereocenters. The van der Waals surface area contributed by atoms with Crippen LogP contribution in [0, 0.1) is 0 Å². The molecule has 22 heavy (non-hydrogen) atoms. The van der Waals surface area contributed by atoms with E-state index in [2.05, 4.69) is 38.0 Å². The van der Waals surface area contributed by atoms with Crippen molar-refractivity contribution in [2.24, 2.45) is 0 Å². The summed E-state index contributed by atoms with van der Waals surface area (Å²) in [4.78, 5) is 13.6. The first kappa shape index (κ1) is 13.8. The third-order valence-corrected chi connectivity index (χ3v) is 4.81. The normalized spacial score (nSPS) is 17.7. The van der Waals surface area contributed by atoms with Gasteiger partial charge in [-0.15, -0.1) is 0 Å². The van der Waals surface area contributed by atoms with Crippen molar-refractivity contribution < 1.29 is 0 Å². The fourth-order valence-corrected chi connectivity index (χ4v) is 3.54. The molecule has 3 heterocycles. The summed E-state index contributed by atoms with van der Waals surface area (Å²) in [6.45, 7) is 4.09. The molecule has 0 bridgehead atoms. The van der Waals surface area contributed by atoms with Gasteiger partial charge in [-0.3, -0.25) is 0 Å². The summed E-state index contributed by atoms with van der Waals surface area (Å²) in [5, 5.41) is 0.825. The van der Waals surface area contributed by atoms with Gasteiger partial charge < -0.3 is 9.80 Å². The SMILES string of the molecule is Clc1ccc2c(c1)CCN(c1cc(N3CCCC3)ncn1)C2. The number of hydrogen-bond acceptors (Lipinski definition) is 4. The van der Waals surface area contributed by atoms with E-state index in [-0.39, 0.29) is 0 Å². The Hall–Kier alpha value is -1.81. The molecule has 2 aliphatic rings. The van der Waals surface area contributed by atoms with Gasteiger partial charge >= 0.3 is 0 Å². The predicted molar refractivity (Wildman–Crippen MR) is 89.7 cm³/mol. The first-order chi connectivity index (χ1) is 10.8. The lowest BCUT2D eigenvalue weighted by Gasteiger charge is -2.30. The molecule has 114 valence electrons. The molecule has 0 N–H and O–H groups in total. The van der Waals surface area contributed by atoms with Crippen LogP contribution in [-0.4, -0.2) is 29.6 Å². The van der Waals surface area contributed by atoms with Crippen molar-refractivity contribution in [3.8, 4) is 0 Å². The summed E-state index contributed by atoms with van der Waals surface area (Å²) >= 11 is 6.08. The van der Waals surface area contributed by atoms with Crippen LogP contribution < -0.4 is 9.80 Å². The number of benzene rings is 1. The molecule has 4 nitrogen and oxygen atoms in total. The van der Waals surface area contributed by atoms with Crippen molar-refractivity contribution in [1.29, 1.82) is 0 Å². The number of nitrogens with zero attached hydrogens (tertiary/aromatic N) is 4. The molecule has 4 rings (SSSR count). The van der Waals surface area contributed by atoms with Crippen molar-refractivity contribution in [2.75, 3.05) is 29.4 Å². The van der Waals surface area contributed by atoms with Crippen LogP contribution in [0.5, 0.6) is 0 Å². The van der Waals surface area contributed by atoms with Gasteiger partial charge in [-0.1, -0.05) is 17.7 Å². The largest absolute Gasteiger partial charge is 0.356 e. The lowest BCUT2D eigenvalue weighted by molar-refractivity contribution is 0.718. The molecule has 0 radical (unpaired) electrons. The van der Waals surface area contributed by atoms with Crippen LogP contribution in [0.15, 0.2) is 30.6 Å². The average Bonchev–Trinajstić information content (AvgIpc) is 3.09. The number of rotatable bonds is 2. The molecule has 5 heteroatoms. The summed E-state index contributed by atoms with van der Waals surface area (Å²) in [7, 11) is 0. The van der Waals surface area contributed by atoms with E-state index in [1.165, 1.54) is 24.0 Å². The smallest absolute Gasteiger partial charge is 0.134 e. The van der Waals surface area contributed by atoms with Crippen LogP contribution in [0.3, 0.4) is 0 Å². The van der Waals surface area contributed by atoms with Crippen molar-refractivity contribution in [3.05, 3.63) is 46.7 Å². The van der Waals surface area contributed by atoms with E-state index in [0.29, 0.717) is 0 Å². The van der Waals surface area contributed by atoms with Crippen LogP contribution in [0.1, 0.15) is 24.0 Å². The second kappa shape index (κ2) is 5.76. The molecule has 2 aromatic rings. The highest BCUT2D eigenvalue weighted by atomic mass is 35.5. The van der Waals surface area contributed by atoms with Crippen LogP contribution in [-0.2, 0) is 13.0 Å². The fourth-order valence-electron chi connectivity index (χ4n) is 3.35. The van der Waals surface area contributed by atoms with Gasteiger partial charge in [0.25, 0.3) is 0 Å². The molecule has 0 amide bonds. The van der Waals surface area contributed by atoms with Gasteiger partial charge in [0, 0.05) is 37.3 Å². The van der Waals surface area contributed by atoms with Gasteiger partial charge in [0.2, 0.25) is 0 Å². The van der Waals surface area contributed by atoms with Crippen molar-refractivity contribution in [1.82, 2.24) is 9.97 Å². The van der Waals surface area contributed by atoms with Gasteiger partial charge in [0.1, 0.15) is 18.0 Å². The van der Waals surface area contributed by atoms with Gasteiger partial charge in [0.15, 0.2) is 0 Å². The fraction of sp³-hybridized carbons (Fsp3) is 0.412. The molecule has 1 saturated heterocycles. The lowest BCUT2D eigenvalue weighted by atomic mass is 10.00. The van der Waals surface area contributed by atoms with Crippen LogP contribution in [0.2, 0.25) is 5.02 Å². The molecule has 0 aliphatic carbocycles. The third kappa shape index (κ3) is 2.63. The number of aromatic nitrogens is 2. The molecule has 0 spiro atoms. The molecule has 1 aromatic carbocycles. The predicted octanol–water partition coefficient (Wildman–Crippen LogP) is 3.29. The maximum absolute atomic E-state index is 6.08. The lowest BCUT2D eigenvalue weighted by Crippen LogP contribution is -2.31. The highest BCUT2D eigenvalue weighted by Crippen LogP contribution is 2.27. The standard InChI is InChI=1S/C17H19ClN4/c18-15-4-3-14-11-22(8-5-13(14)9-15)17-10-16(19-12-20-17)21-6-1-2-7-21/h3-4,9-10,12H,1-2,5-8,11H2. The summed E-state index contributed by atoms with van der Waals surface area (Å²) in [6.07, 6.45) is 5.23. The van der Waals surface area contributed by atoms with Crippen LogP contribution in [0.25, 0.3) is 0 Å². The van der Waals surface area contributed by atoms with E-state index in [1.54, 1.807) is 6.33 Å². The zero-order valence-corrected chi connectivity index (χ0v) is 13.3.